The molecule has 21 heavy (non-hydrogen) atoms. The Morgan fingerprint density at radius 2 is 1.76 bits per heavy atom. The number of carbonyl (C=O) groups is 2. The topological polar surface area (TPSA) is 86.6 Å². The molecule has 0 heterocycles. The fourth-order valence-corrected chi connectivity index (χ4v) is 1.94. The molecule has 0 saturated carbocycles. The van der Waals surface area contributed by atoms with E-state index in [0.29, 0.717) is 16.7 Å². The maximum absolute atomic E-state index is 12.1. The van der Waals surface area contributed by atoms with E-state index >= 15 is 0 Å². The van der Waals surface area contributed by atoms with Crippen molar-refractivity contribution in [2.45, 2.75) is 13.0 Å². The first kappa shape index (κ1) is 14.6. The number of aliphatic carboxylic acids is 1. The third kappa shape index (κ3) is 3.39. The number of nitrogens with one attached hydrogen (secondary N) is 1. The summed E-state index contributed by atoms with van der Waals surface area (Å²) in [6, 6.07) is 11.7. The van der Waals surface area contributed by atoms with Crippen molar-refractivity contribution in [1.82, 2.24) is 5.32 Å². The molecule has 2 aromatic carbocycles. The number of phenolic OH excluding ortho intramolecular Hbond substituents is 1. The molecule has 0 saturated heterocycles. The second kappa shape index (κ2) is 6.09. The number of hydrogen-bond donors (Lipinski definition) is 3. The van der Waals surface area contributed by atoms with Gasteiger partial charge in [0.15, 0.2) is 6.04 Å². The lowest BCUT2D eigenvalue weighted by molar-refractivity contribution is -0.139. The number of carboxylic acids is 1. The van der Waals surface area contributed by atoms with E-state index in [9.17, 15) is 19.8 Å². The molecular formula is C16H15NO4. The van der Waals surface area contributed by atoms with E-state index in [-0.39, 0.29) is 5.75 Å². The highest BCUT2D eigenvalue weighted by Gasteiger charge is 2.22. The summed E-state index contributed by atoms with van der Waals surface area (Å²) in [7, 11) is 0. The van der Waals surface area contributed by atoms with Crippen LogP contribution in [-0.2, 0) is 4.79 Å². The van der Waals surface area contributed by atoms with Crippen molar-refractivity contribution in [2.75, 3.05) is 0 Å². The second-order valence-corrected chi connectivity index (χ2v) is 4.66. The normalized spacial score (nSPS) is 11.7. The number of carboxylic acid groups (broad SMARTS) is 1. The summed E-state index contributed by atoms with van der Waals surface area (Å²) in [5.74, 6) is -1.55. The van der Waals surface area contributed by atoms with Crippen LogP contribution in [0.3, 0.4) is 0 Å². The average molecular weight is 285 g/mol. The Hall–Kier alpha value is -2.82. The van der Waals surface area contributed by atoms with Crippen molar-refractivity contribution in [3.63, 3.8) is 0 Å². The number of aryl methyl sites for hydroxylation is 1. The number of aromatic hydroxyl groups is 1. The van der Waals surface area contributed by atoms with E-state index < -0.39 is 17.9 Å². The Morgan fingerprint density at radius 1 is 1.10 bits per heavy atom. The SMILES string of the molecule is Cc1cc(C(=O)N[C@H](C(=O)O)c2ccccc2)ccc1O. The van der Waals surface area contributed by atoms with Gasteiger partial charge in [-0.15, -0.1) is 0 Å². The predicted octanol–water partition coefficient (Wildman–Crippen LogP) is 2.26. The van der Waals surface area contributed by atoms with Crippen molar-refractivity contribution in [2.24, 2.45) is 0 Å². The summed E-state index contributed by atoms with van der Waals surface area (Å²) in [5, 5.41) is 21.2. The van der Waals surface area contributed by atoms with Crippen LogP contribution in [0.15, 0.2) is 48.5 Å². The number of carbonyl (C=O) groups excluding carboxylic acids is 1. The van der Waals surface area contributed by atoms with Crippen LogP contribution in [0.25, 0.3) is 0 Å². The number of amides is 1. The lowest BCUT2D eigenvalue weighted by atomic mass is 10.1. The van der Waals surface area contributed by atoms with Crippen LogP contribution in [-0.4, -0.2) is 22.1 Å². The predicted molar refractivity (Wildman–Crippen MR) is 77.1 cm³/mol. The summed E-state index contributed by atoms with van der Waals surface area (Å²) in [4.78, 5) is 23.5. The van der Waals surface area contributed by atoms with Gasteiger partial charge < -0.3 is 15.5 Å². The smallest absolute Gasteiger partial charge is 0.330 e. The monoisotopic (exact) mass is 285 g/mol. The fourth-order valence-electron chi connectivity index (χ4n) is 1.94. The molecule has 0 bridgehead atoms. The van der Waals surface area contributed by atoms with Gasteiger partial charge in [-0.25, -0.2) is 4.79 Å². The highest BCUT2D eigenvalue weighted by atomic mass is 16.4. The summed E-state index contributed by atoms with van der Waals surface area (Å²) in [6.07, 6.45) is 0. The zero-order chi connectivity index (χ0) is 15.4. The van der Waals surface area contributed by atoms with Crippen LogP contribution in [0, 0.1) is 6.92 Å². The van der Waals surface area contributed by atoms with Crippen molar-refractivity contribution in [3.8, 4) is 5.75 Å². The molecule has 108 valence electrons. The van der Waals surface area contributed by atoms with Crippen LogP contribution in [0.5, 0.6) is 5.75 Å². The summed E-state index contributed by atoms with van der Waals surface area (Å²) in [5.41, 5.74) is 1.34. The van der Waals surface area contributed by atoms with Gasteiger partial charge in [0.05, 0.1) is 0 Å². The Labute approximate surface area is 121 Å². The zero-order valence-corrected chi connectivity index (χ0v) is 11.4. The Morgan fingerprint density at radius 3 is 2.33 bits per heavy atom. The van der Waals surface area contributed by atoms with Crippen LogP contribution in [0.4, 0.5) is 0 Å². The highest BCUT2D eigenvalue weighted by molar-refractivity contribution is 5.97. The first-order valence-corrected chi connectivity index (χ1v) is 6.37. The number of phenols is 1. The van der Waals surface area contributed by atoms with Crippen molar-refractivity contribution >= 4 is 11.9 Å². The van der Waals surface area contributed by atoms with E-state index in [4.69, 9.17) is 0 Å². The minimum atomic E-state index is -1.13. The van der Waals surface area contributed by atoms with Crippen LogP contribution < -0.4 is 5.32 Å². The maximum Gasteiger partial charge on any atom is 0.330 e. The van der Waals surface area contributed by atoms with Gasteiger partial charge in [0.2, 0.25) is 0 Å². The largest absolute Gasteiger partial charge is 0.508 e. The van der Waals surface area contributed by atoms with Crippen molar-refractivity contribution in [3.05, 3.63) is 65.2 Å². The lowest BCUT2D eigenvalue weighted by Crippen LogP contribution is -2.33. The molecule has 2 rings (SSSR count). The highest BCUT2D eigenvalue weighted by Crippen LogP contribution is 2.18. The molecular weight excluding hydrogens is 270 g/mol. The Bertz CT molecular complexity index is 667. The molecule has 1 atom stereocenters. The molecule has 0 aliphatic carbocycles. The van der Waals surface area contributed by atoms with Gasteiger partial charge in [0, 0.05) is 5.56 Å². The molecule has 3 N–H and O–H groups in total. The Balaban J connectivity index is 2.23. The third-order valence-electron chi connectivity index (χ3n) is 3.11. The summed E-state index contributed by atoms with van der Waals surface area (Å²) in [6.45, 7) is 1.66. The molecule has 2 aromatic rings. The zero-order valence-electron chi connectivity index (χ0n) is 11.4. The van der Waals surface area contributed by atoms with Crippen molar-refractivity contribution < 1.29 is 19.8 Å². The quantitative estimate of drug-likeness (QED) is 0.804. The van der Waals surface area contributed by atoms with E-state index in [1.807, 2.05) is 0 Å². The molecule has 0 aliphatic rings. The van der Waals surface area contributed by atoms with Crippen molar-refractivity contribution in [1.29, 1.82) is 0 Å². The lowest BCUT2D eigenvalue weighted by Gasteiger charge is -2.15. The van der Waals surface area contributed by atoms with Gasteiger partial charge >= 0.3 is 5.97 Å². The Kier molecular flexibility index (Phi) is 4.23. The molecule has 1 amide bonds. The van der Waals surface area contributed by atoms with Gasteiger partial charge in [-0.2, -0.15) is 0 Å². The van der Waals surface area contributed by atoms with Gasteiger partial charge in [0.1, 0.15) is 5.75 Å². The molecule has 0 aliphatic heterocycles. The van der Waals surface area contributed by atoms with Gasteiger partial charge in [-0.1, -0.05) is 30.3 Å². The minimum absolute atomic E-state index is 0.0874. The van der Waals surface area contributed by atoms with E-state index in [1.54, 1.807) is 37.3 Å². The molecule has 5 nitrogen and oxygen atoms in total. The molecule has 0 fully saturated rings. The van der Waals surface area contributed by atoms with E-state index in [1.165, 1.54) is 18.2 Å². The molecule has 0 spiro atoms. The first-order valence-electron chi connectivity index (χ1n) is 6.37. The van der Waals surface area contributed by atoms with E-state index in [2.05, 4.69) is 5.32 Å². The van der Waals surface area contributed by atoms with Gasteiger partial charge in [0.25, 0.3) is 5.91 Å². The van der Waals surface area contributed by atoms with E-state index in [0.717, 1.165) is 0 Å². The first-order chi connectivity index (χ1) is 9.99. The van der Waals surface area contributed by atoms with Gasteiger partial charge in [-0.3, -0.25) is 4.79 Å². The van der Waals surface area contributed by atoms with Crippen LogP contribution in [0.1, 0.15) is 27.5 Å². The standard InChI is InChI=1S/C16H15NO4/c1-10-9-12(7-8-13(10)18)15(19)17-14(16(20)21)11-5-3-2-4-6-11/h2-9,14,18H,1H3,(H,17,19)(H,20,21)/t14-/m0/s1. The molecule has 0 radical (unpaired) electrons. The second-order valence-electron chi connectivity index (χ2n) is 4.66. The average Bonchev–Trinajstić information content (AvgIpc) is 2.48. The number of rotatable bonds is 4. The van der Waals surface area contributed by atoms with Crippen LogP contribution >= 0.6 is 0 Å². The summed E-state index contributed by atoms with van der Waals surface area (Å²) < 4.78 is 0. The molecule has 0 unspecified atom stereocenters. The summed E-state index contributed by atoms with van der Waals surface area (Å²) >= 11 is 0. The maximum atomic E-state index is 12.1. The van der Waals surface area contributed by atoms with Crippen LogP contribution in [0.2, 0.25) is 0 Å². The molecule has 0 aromatic heterocycles. The third-order valence-corrected chi connectivity index (χ3v) is 3.11. The number of benzene rings is 2. The molecule has 5 heteroatoms. The number of hydrogen-bond acceptors (Lipinski definition) is 3. The minimum Gasteiger partial charge on any atom is -0.508 e. The van der Waals surface area contributed by atoms with Gasteiger partial charge in [-0.05, 0) is 36.2 Å². The fraction of sp³-hybridized carbons (Fsp3) is 0.125.